The van der Waals surface area contributed by atoms with Crippen LogP contribution in [0, 0.1) is 10.1 Å². The van der Waals surface area contributed by atoms with E-state index in [-0.39, 0.29) is 16.7 Å². The lowest BCUT2D eigenvalue weighted by Crippen LogP contribution is -2.28. The topological polar surface area (TPSA) is 55.2 Å². The minimum atomic E-state index is -0.320. The number of non-ortho nitro benzene ring substituents is 1. The van der Waals surface area contributed by atoms with Gasteiger partial charge in [0, 0.05) is 30.0 Å². The molecule has 5 heteroatoms. The summed E-state index contributed by atoms with van der Waals surface area (Å²) in [6.07, 6.45) is 4.68. The molecule has 4 nitrogen and oxygen atoms in total. The molecule has 1 saturated heterocycles. The minimum Gasteiger partial charge on any atom is -0.309 e. The summed E-state index contributed by atoms with van der Waals surface area (Å²) in [5.74, 6) is 1.27. The van der Waals surface area contributed by atoms with E-state index in [0.717, 1.165) is 24.9 Å². The highest BCUT2D eigenvalue weighted by Crippen LogP contribution is 2.27. The second kappa shape index (κ2) is 7.64. The van der Waals surface area contributed by atoms with Crippen molar-refractivity contribution in [3.05, 3.63) is 39.9 Å². The van der Waals surface area contributed by atoms with Crippen LogP contribution in [0.5, 0.6) is 0 Å². The quantitative estimate of drug-likeness (QED) is 0.611. The molecule has 2 atom stereocenters. The standard InChI is InChI=1S/C15H22N2O2S/c1-2-5-15(16-11-14-8-4-9-20-14)12-6-3-7-13(10-12)17(18)19/h3,6-7,10,14-16H,2,4-5,8-9,11H2,1H3. The number of rotatable bonds is 7. The Labute approximate surface area is 124 Å². The lowest BCUT2D eigenvalue weighted by molar-refractivity contribution is -0.384. The highest BCUT2D eigenvalue weighted by atomic mass is 32.2. The molecule has 1 N–H and O–H groups in total. The van der Waals surface area contributed by atoms with Crippen molar-refractivity contribution in [3.63, 3.8) is 0 Å². The number of nitrogens with one attached hydrogen (secondary N) is 1. The van der Waals surface area contributed by atoms with E-state index < -0.39 is 0 Å². The molecular formula is C15H22N2O2S. The van der Waals surface area contributed by atoms with E-state index >= 15 is 0 Å². The van der Waals surface area contributed by atoms with E-state index in [4.69, 9.17) is 0 Å². The zero-order valence-electron chi connectivity index (χ0n) is 11.9. The fourth-order valence-electron chi connectivity index (χ4n) is 2.61. The molecule has 20 heavy (non-hydrogen) atoms. The van der Waals surface area contributed by atoms with Crippen LogP contribution in [0.2, 0.25) is 0 Å². The van der Waals surface area contributed by atoms with Gasteiger partial charge in [0.15, 0.2) is 0 Å². The number of benzene rings is 1. The summed E-state index contributed by atoms with van der Waals surface area (Å²) in [5.41, 5.74) is 1.21. The van der Waals surface area contributed by atoms with Gasteiger partial charge in [-0.3, -0.25) is 10.1 Å². The van der Waals surface area contributed by atoms with Crippen LogP contribution in [-0.4, -0.2) is 22.5 Å². The van der Waals surface area contributed by atoms with E-state index in [2.05, 4.69) is 12.2 Å². The maximum Gasteiger partial charge on any atom is 0.269 e. The van der Waals surface area contributed by atoms with E-state index in [1.165, 1.54) is 18.6 Å². The van der Waals surface area contributed by atoms with Crippen molar-refractivity contribution >= 4 is 17.4 Å². The van der Waals surface area contributed by atoms with Gasteiger partial charge in [-0.05, 0) is 30.6 Å². The molecule has 110 valence electrons. The molecule has 0 bridgehead atoms. The van der Waals surface area contributed by atoms with Crippen molar-refractivity contribution in [3.8, 4) is 0 Å². The first kappa shape index (κ1) is 15.3. The molecule has 0 aliphatic carbocycles. The Hall–Kier alpha value is -1.07. The summed E-state index contributed by atoms with van der Waals surface area (Å²) in [6, 6.07) is 7.25. The largest absolute Gasteiger partial charge is 0.309 e. The molecule has 0 saturated carbocycles. The van der Waals surface area contributed by atoms with Crippen LogP contribution >= 0.6 is 11.8 Å². The summed E-state index contributed by atoms with van der Waals surface area (Å²) in [5, 5.41) is 15.2. The second-order valence-corrected chi connectivity index (χ2v) is 6.64. The number of thioether (sulfide) groups is 1. The molecule has 1 aromatic carbocycles. The third-order valence-corrected chi connectivity index (χ3v) is 5.07. The first-order chi connectivity index (χ1) is 9.70. The van der Waals surface area contributed by atoms with Gasteiger partial charge in [0.1, 0.15) is 0 Å². The minimum absolute atomic E-state index is 0.181. The SMILES string of the molecule is CCCC(NCC1CCCS1)c1cccc([N+](=O)[O-])c1. The predicted molar refractivity (Wildman–Crippen MR) is 84.2 cm³/mol. The van der Waals surface area contributed by atoms with Crippen molar-refractivity contribution in [1.29, 1.82) is 0 Å². The van der Waals surface area contributed by atoms with E-state index in [0.29, 0.717) is 5.25 Å². The molecule has 1 aliphatic heterocycles. The number of nitro groups is 1. The van der Waals surface area contributed by atoms with Crippen molar-refractivity contribution in [2.24, 2.45) is 0 Å². The van der Waals surface area contributed by atoms with Gasteiger partial charge in [0.2, 0.25) is 0 Å². The Kier molecular flexibility index (Phi) is 5.86. The van der Waals surface area contributed by atoms with Gasteiger partial charge < -0.3 is 5.32 Å². The van der Waals surface area contributed by atoms with Crippen LogP contribution in [0.25, 0.3) is 0 Å². The van der Waals surface area contributed by atoms with Gasteiger partial charge in [-0.15, -0.1) is 0 Å². The first-order valence-corrected chi connectivity index (χ1v) is 8.35. The van der Waals surface area contributed by atoms with Crippen molar-refractivity contribution in [2.75, 3.05) is 12.3 Å². The second-order valence-electron chi connectivity index (χ2n) is 5.24. The normalized spacial score (nSPS) is 19.9. The molecule has 0 aromatic heterocycles. The van der Waals surface area contributed by atoms with Crippen LogP contribution in [0.4, 0.5) is 5.69 Å². The Bertz CT molecular complexity index is 447. The smallest absolute Gasteiger partial charge is 0.269 e. The zero-order valence-corrected chi connectivity index (χ0v) is 12.7. The van der Waals surface area contributed by atoms with Crippen molar-refractivity contribution in [1.82, 2.24) is 5.32 Å². The van der Waals surface area contributed by atoms with Gasteiger partial charge in [-0.2, -0.15) is 11.8 Å². The van der Waals surface area contributed by atoms with E-state index in [1.807, 2.05) is 17.8 Å². The van der Waals surface area contributed by atoms with Crippen LogP contribution in [0.15, 0.2) is 24.3 Å². The van der Waals surface area contributed by atoms with Crippen LogP contribution in [0.1, 0.15) is 44.2 Å². The number of hydrogen-bond acceptors (Lipinski definition) is 4. The fraction of sp³-hybridized carbons (Fsp3) is 0.600. The Morgan fingerprint density at radius 1 is 1.55 bits per heavy atom. The van der Waals surface area contributed by atoms with Gasteiger partial charge in [-0.25, -0.2) is 0 Å². The van der Waals surface area contributed by atoms with E-state index in [9.17, 15) is 10.1 Å². The third-order valence-electron chi connectivity index (χ3n) is 3.68. The van der Waals surface area contributed by atoms with Crippen molar-refractivity contribution in [2.45, 2.75) is 43.9 Å². The average Bonchev–Trinajstić information content (AvgIpc) is 2.97. The van der Waals surface area contributed by atoms with Crippen LogP contribution in [-0.2, 0) is 0 Å². The molecule has 0 radical (unpaired) electrons. The number of nitro benzene ring substituents is 1. The maximum atomic E-state index is 10.9. The van der Waals surface area contributed by atoms with E-state index in [1.54, 1.807) is 18.2 Å². The lowest BCUT2D eigenvalue weighted by Gasteiger charge is -2.20. The Balaban J connectivity index is 2.02. The highest BCUT2D eigenvalue weighted by Gasteiger charge is 2.19. The molecule has 1 aromatic rings. The number of hydrogen-bond donors (Lipinski definition) is 1. The third kappa shape index (κ3) is 4.21. The lowest BCUT2D eigenvalue weighted by atomic mass is 10.0. The van der Waals surface area contributed by atoms with Crippen LogP contribution in [0.3, 0.4) is 0 Å². The molecule has 2 rings (SSSR count). The molecule has 1 aliphatic rings. The van der Waals surface area contributed by atoms with Crippen LogP contribution < -0.4 is 5.32 Å². The summed E-state index contributed by atoms with van der Waals surface area (Å²) >= 11 is 2.03. The maximum absolute atomic E-state index is 10.9. The Morgan fingerprint density at radius 3 is 3.05 bits per heavy atom. The zero-order chi connectivity index (χ0) is 14.4. The molecule has 2 unspecified atom stereocenters. The first-order valence-electron chi connectivity index (χ1n) is 7.30. The molecule has 1 heterocycles. The molecule has 1 fully saturated rings. The summed E-state index contributed by atoms with van der Waals surface area (Å²) in [6.45, 7) is 3.15. The fourth-order valence-corrected chi connectivity index (χ4v) is 3.82. The summed E-state index contributed by atoms with van der Waals surface area (Å²) in [4.78, 5) is 10.6. The van der Waals surface area contributed by atoms with Crippen molar-refractivity contribution < 1.29 is 4.92 Å². The highest BCUT2D eigenvalue weighted by molar-refractivity contribution is 8.00. The molecular weight excluding hydrogens is 272 g/mol. The van der Waals surface area contributed by atoms with Gasteiger partial charge in [0.05, 0.1) is 4.92 Å². The molecule has 0 amide bonds. The summed E-state index contributed by atoms with van der Waals surface area (Å²) < 4.78 is 0. The average molecular weight is 294 g/mol. The monoisotopic (exact) mass is 294 g/mol. The predicted octanol–water partition coefficient (Wildman–Crippen LogP) is 3.92. The van der Waals surface area contributed by atoms with Gasteiger partial charge in [-0.1, -0.05) is 25.5 Å². The van der Waals surface area contributed by atoms with Gasteiger partial charge in [0.25, 0.3) is 5.69 Å². The van der Waals surface area contributed by atoms with Gasteiger partial charge >= 0.3 is 0 Å². The number of nitrogens with zero attached hydrogens (tertiary/aromatic N) is 1. The molecule has 0 spiro atoms. The Morgan fingerprint density at radius 2 is 2.40 bits per heavy atom. The summed E-state index contributed by atoms with van der Waals surface area (Å²) in [7, 11) is 0.